The maximum Gasteiger partial charge on any atom is 0.322 e. The Morgan fingerprint density at radius 2 is 1.84 bits per heavy atom. The normalized spacial score (nSPS) is 19.4. The molecule has 2 amide bonds. The highest BCUT2D eigenvalue weighted by atomic mass is 16.2. The third-order valence-electron chi connectivity index (χ3n) is 3.97. The van der Waals surface area contributed by atoms with Crippen LogP contribution in [0.5, 0.6) is 0 Å². The third kappa shape index (κ3) is 3.09. The molecule has 0 aromatic heterocycles. The summed E-state index contributed by atoms with van der Waals surface area (Å²) in [6, 6.07) is 4.62. The number of nitrogens with one attached hydrogen (secondary N) is 1. The van der Waals surface area contributed by atoms with Crippen LogP contribution < -0.4 is 5.32 Å². The summed E-state index contributed by atoms with van der Waals surface area (Å²) >= 11 is 0. The van der Waals surface area contributed by atoms with Crippen molar-refractivity contribution in [1.29, 1.82) is 0 Å². The van der Waals surface area contributed by atoms with Crippen LogP contribution in [0.1, 0.15) is 42.9 Å². The number of urea groups is 1. The third-order valence-corrected chi connectivity index (χ3v) is 3.97. The van der Waals surface area contributed by atoms with Crippen molar-refractivity contribution in [3.8, 4) is 0 Å². The van der Waals surface area contributed by atoms with Gasteiger partial charge in [0.15, 0.2) is 0 Å². The van der Waals surface area contributed by atoms with Crippen LogP contribution in [-0.2, 0) is 0 Å². The van der Waals surface area contributed by atoms with Gasteiger partial charge in [-0.2, -0.15) is 0 Å². The van der Waals surface area contributed by atoms with Gasteiger partial charge in [-0.25, -0.2) is 4.79 Å². The van der Waals surface area contributed by atoms with Crippen LogP contribution in [0.2, 0.25) is 0 Å². The first-order valence-corrected chi connectivity index (χ1v) is 7.14. The van der Waals surface area contributed by atoms with Gasteiger partial charge in [-0.05, 0) is 58.1 Å². The molecule has 0 spiro atoms. The summed E-state index contributed by atoms with van der Waals surface area (Å²) < 4.78 is 0. The molecule has 3 nitrogen and oxygen atoms in total. The van der Waals surface area contributed by atoms with E-state index in [-0.39, 0.29) is 6.03 Å². The Kier molecular flexibility index (Phi) is 4.13. The van der Waals surface area contributed by atoms with Gasteiger partial charge in [-0.1, -0.05) is 17.7 Å². The number of rotatable bonds is 1. The van der Waals surface area contributed by atoms with E-state index in [1.54, 1.807) is 0 Å². The van der Waals surface area contributed by atoms with E-state index in [0.717, 1.165) is 36.2 Å². The largest absolute Gasteiger partial charge is 0.322 e. The van der Waals surface area contributed by atoms with Crippen molar-refractivity contribution >= 4 is 11.7 Å². The quantitative estimate of drug-likeness (QED) is 0.812. The van der Waals surface area contributed by atoms with Crippen molar-refractivity contribution in [3.63, 3.8) is 0 Å². The first-order chi connectivity index (χ1) is 8.99. The molecule has 1 N–H and O–H groups in total. The van der Waals surface area contributed by atoms with Crippen LogP contribution in [0.15, 0.2) is 12.1 Å². The number of hydrogen-bond donors (Lipinski definition) is 1. The maximum atomic E-state index is 12.4. The monoisotopic (exact) mass is 260 g/mol. The second kappa shape index (κ2) is 5.64. The topological polar surface area (TPSA) is 32.3 Å². The lowest BCUT2D eigenvalue weighted by molar-refractivity contribution is 0.170. The molecular formula is C16H24N2O. The van der Waals surface area contributed by atoms with Crippen molar-refractivity contribution < 1.29 is 4.79 Å². The van der Waals surface area contributed by atoms with Gasteiger partial charge in [0.1, 0.15) is 0 Å². The lowest BCUT2D eigenvalue weighted by Crippen LogP contribution is -2.44. The Balaban J connectivity index is 2.14. The van der Waals surface area contributed by atoms with Crippen molar-refractivity contribution in [2.24, 2.45) is 0 Å². The number of carbonyl (C=O) groups excluding carboxylic acids is 1. The highest BCUT2D eigenvalue weighted by Crippen LogP contribution is 2.24. The summed E-state index contributed by atoms with van der Waals surface area (Å²) in [5.74, 6) is 0. The standard InChI is InChI=1S/C16H24N2O/c1-11-9-12(2)15(13(3)10-11)17-16(19)18-8-6-5-7-14(18)4/h9-10,14H,5-8H2,1-4H3,(H,17,19). The smallest absolute Gasteiger partial charge is 0.322 e. The molecule has 1 aliphatic rings. The zero-order valence-corrected chi connectivity index (χ0v) is 12.4. The van der Waals surface area contributed by atoms with Crippen molar-refractivity contribution in [2.75, 3.05) is 11.9 Å². The highest BCUT2D eigenvalue weighted by Gasteiger charge is 2.23. The van der Waals surface area contributed by atoms with Gasteiger partial charge in [-0.15, -0.1) is 0 Å². The Morgan fingerprint density at radius 1 is 1.21 bits per heavy atom. The summed E-state index contributed by atoms with van der Waals surface area (Å²) in [4.78, 5) is 14.3. The summed E-state index contributed by atoms with van der Waals surface area (Å²) in [7, 11) is 0. The molecule has 2 rings (SSSR count). The molecule has 0 saturated carbocycles. The number of carbonyl (C=O) groups is 1. The van der Waals surface area contributed by atoms with Crippen LogP contribution in [-0.4, -0.2) is 23.5 Å². The van der Waals surface area contributed by atoms with Crippen molar-refractivity contribution in [1.82, 2.24) is 4.90 Å². The minimum atomic E-state index is 0.0438. The second-order valence-corrected chi connectivity index (χ2v) is 5.74. The van der Waals surface area contributed by atoms with Gasteiger partial charge >= 0.3 is 6.03 Å². The van der Waals surface area contributed by atoms with Crippen molar-refractivity contribution in [3.05, 3.63) is 28.8 Å². The lowest BCUT2D eigenvalue weighted by atomic mass is 10.0. The summed E-state index contributed by atoms with van der Waals surface area (Å²) in [6.45, 7) is 9.19. The molecule has 3 heteroatoms. The zero-order chi connectivity index (χ0) is 14.0. The van der Waals surface area contributed by atoms with E-state index in [1.807, 2.05) is 4.90 Å². The Hall–Kier alpha value is -1.51. The fraction of sp³-hybridized carbons (Fsp3) is 0.562. The number of benzene rings is 1. The van der Waals surface area contributed by atoms with Crippen LogP contribution in [0.25, 0.3) is 0 Å². The van der Waals surface area contributed by atoms with Gasteiger partial charge < -0.3 is 10.2 Å². The average Bonchev–Trinajstić information content (AvgIpc) is 2.34. The van der Waals surface area contributed by atoms with Gasteiger partial charge in [0.2, 0.25) is 0 Å². The molecule has 1 fully saturated rings. The number of likely N-dealkylation sites (tertiary alicyclic amines) is 1. The molecule has 1 aromatic rings. The van der Waals surface area contributed by atoms with Gasteiger partial charge in [0, 0.05) is 18.3 Å². The first kappa shape index (κ1) is 13.9. The van der Waals surface area contributed by atoms with Gasteiger partial charge in [0.05, 0.1) is 0 Å². The molecule has 1 heterocycles. The number of amides is 2. The zero-order valence-electron chi connectivity index (χ0n) is 12.4. The fourth-order valence-electron chi connectivity index (χ4n) is 2.96. The number of piperidine rings is 1. The van der Waals surface area contributed by atoms with Crippen LogP contribution in [0.4, 0.5) is 10.5 Å². The molecule has 104 valence electrons. The van der Waals surface area contributed by atoms with E-state index in [2.05, 4.69) is 45.1 Å². The van der Waals surface area contributed by atoms with E-state index in [9.17, 15) is 4.79 Å². The summed E-state index contributed by atoms with van der Waals surface area (Å²) in [5, 5.41) is 3.09. The summed E-state index contributed by atoms with van der Waals surface area (Å²) in [5.41, 5.74) is 4.47. The molecule has 1 atom stereocenters. The molecular weight excluding hydrogens is 236 g/mol. The molecule has 1 saturated heterocycles. The molecule has 0 bridgehead atoms. The van der Waals surface area contributed by atoms with Gasteiger partial charge in [0.25, 0.3) is 0 Å². The van der Waals surface area contributed by atoms with Crippen LogP contribution in [0, 0.1) is 20.8 Å². The SMILES string of the molecule is Cc1cc(C)c(NC(=O)N2CCCCC2C)c(C)c1. The molecule has 1 aliphatic heterocycles. The predicted molar refractivity (Wildman–Crippen MR) is 79.7 cm³/mol. The van der Waals surface area contributed by atoms with E-state index < -0.39 is 0 Å². The highest BCUT2D eigenvalue weighted by molar-refractivity contribution is 5.91. The molecule has 19 heavy (non-hydrogen) atoms. The van der Waals surface area contributed by atoms with E-state index >= 15 is 0 Å². The number of anilines is 1. The Bertz CT molecular complexity index is 459. The Labute approximate surface area is 116 Å². The number of aryl methyl sites for hydroxylation is 3. The molecule has 0 aliphatic carbocycles. The molecule has 1 aromatic carbocycles. The van der Waals surface area contributed by atoms with Crippen LogP contribution >= 0.6 is 0 Å². The first-order valence-electron chi connectivity index (χ1n) is 7.14. The van der Waals surface area contributed by atoms with E-state index in [1.165, 1.54) is 12.0 Å². The Morgan fingerprint density at radius 3 is 2.42 bits per heavy atom. The van der Waals surface area contributed by atoms with Gasteiger partial charge in [-0.3, -0.25) is 0 Å². The fourth-order valence-corrected chi connectivity index (χ4v) is 2.96. The maximum absolute atomic E-state index is 12.4. The molecule has 1 unspecified atom stereocenters. The second-order valence-electron chi connectivity index (χ2n) is 5.74. The predicted octanol–water partition coefficient (Wildman–Crippen LogP) is 4.02. The minimum Gasteiger partial charge on any atom is -0.322 e. The van der Waals surface area contributed by atoms with Crippen LogP contribution in [0.3, 0.4) is 0 Å². The summed E-state index contributed by atoms with van der Waals surface area (Å²) in [6.07, 6.45) is 3.45. The van der Waals surface area contributed by atoms with Crippen molar-refractivity contribution in [2.45, 2.75) is 53.0 Å². The number of hydrogen-bond acceptors (Lipinski definition) is 1. The number of nitrogens with zero attached hydrogens (tertiary/aromatic N) is 1. The van der Waals surface area contributed by atoms with E-state index in [0.29, 0.717) is 6.04 Å². The lowest BCUT2D eigenvalue weighted by Gasteiger charge is -2.33. The molecule has 0 radical (unpaired) electrons. The van der Waals surface area contributed by atoms with E-state index in [4.69, 9.17) is 0 Å². The average molecular weight is 260 g/mol. The minimum absolute atomic E-state index is 0.0438.